The van der Waals surface area contributed by atoms with Crippen LogP contribution in [0, 0.1) is 0 Å². The molecule has 0 aliphatic heterocycles. The Balaban J connectivity index is 3.16. The molecule has 0 heterocycles. The molecule has 0 radical (unpaired) electrons. The number of carboxylic acids is 1. The second kappa shape index (κ2) is 6.43. The van der Waals surface area contributed by atoms with E-state index in [0.29, 0.717) is 12.3 Å². The monoisotopic (exact) mass is 250 g/mol. The van der Waals surface area contributed by atoms with E-state index < -0.39 is 11.9 Å². The van der Waals surface area contributed by atoms with Crippen molar-refractivity contribution in [2.24, 2.45) is 0 Å². The molecule has 1 rings (SSSR count). The molecule has 100 valence electrons. The molecular weight excluding hydrogens is 228 g/mol. The molecule has 1 aromatic rings. The molecule has 0 bridgehead atoms. The fourth-order valence-electron chi connectivity index (χ4n) is 2.14. The summed E-state index contributed by atoms with van der Waals surface area (Å²) in [4.78, 5) is 11.3. The normalized spacial score (nSPS) is 12.5. The van der Waals surface area contributed by atoms with E-state index in [0.717, 1.165) is 23.3 Å². The van der Waals surface area contributed by atoms with Crippen molar-refractivity contribution in [3.63, 3.8) is 0 Å². The minimum atomic E-state index is -0.753. The van der Waals surface area contributed by atoms with Gasteiger partial charge < -0.3 is 9.84 Å². The van der Waals surface area contributed by atoms with Gasteiger partial charge in [-0.05, 0) is 29.5 Å². The first-order chi connectivity index (χ1) is 8.51. The first kappa shape index (κ1) is 14.6. The maximum absolute atomic E-state index is 11.3. The zero-order valence-corrected chi connectivity index (χ0v) is 11.6. The summed E-state index contributed by atoms with van der Waals surface area (Å²) in [5.74, 6) is -0.0273. The van der Waals surface area contributed by atoms with Crippen LogP contribution in [0.1, 0.15) is 56.6 Å². The molecule has 0 saturated carbocycles. The number of carbonyl (C=O) groups is 1. The largest absolute Gasteiger partial charge is 0.496 e. The lowest BCUT2D eigenvalue weighted by molar-refractivity contribution is -0.139. The van der Waals surface area contributed by atoms with Crippen molar-refractivity contribution >= 4 is 5.97 Å². The second-order valence-electron chi connectivity index (χ2n) is 4.84. The van der Waals surface area contributed by atoms with Gasteiger partial charge in [-0.3, -0.25) is 4.79 Å². The average molecular weight is 250 g/mol. The van der Waals surface area contributed by atoms with Gasteiger partial charge in [-0.2, -0.15) is 0 Å². The molecule has 18 heavy (non-hydrogen) atoms. The number of carboxylic acid groups (broad SMARTS) is 1. The van der Waals surface area contributed by atoms with Crippen molar-refractivity contribution in [1.29, 1.82) is 0 Å². The summed E-state index contributed by atoms with van der Waals surface area (Å²) in [5.41, 5.74) is 1.94. The lowest BCUT2D eigenvalue weighted by Crippen LogP contribution is -2.12. The molecule has 0 aliphatic rings. The highest BCUT2D eigenvalue weighted by molar-refractivity contribution is 5.76. The number of aliphatic carboxylic acids is 1. The van der Waals surface area contributed by atoms with Crippen molar-refractivity contribution < 1.29 is 14.6 Å². The van der Waals surface area contributed by atoms with Gasteiger partial charge in [-0.1, -0.05) is 39.3 Å². The summed E-state index contributed by atoms with van der Waals surface area (Å²) in [5, 5.41) is 9.28. The number of benzene rings is 1. The number of ether oxygens (including phenoxy) is 1. The zero-order chi connectivity index (χ0) is 13.7. The third-order valence-corrected chi connectivity index (χ3v) is 3.15. The van der Waals surface area contributed by atoms with Crippen molar-refractivity contribution in [2.75, 3.05) is 7.11 Å². The van der Waals surface area contributed by atoms with E-state index in [9.17, 15) is 9.90 Å². The van der Waals surface area contributed by atoms with Gasteiger partial charge in [0.05, 0.1) is 13.0 Å². The summed E-state index contributed by atoms with van der Waals surface area (Å²) in [6, 6.07) is 5.70. The molecule has 1 N–H and O–H groups in total. The van der Waals surface area contributed by atoms with Gasteiger partial charge in [-0.25, -0.2) is 0 Å². The van der Waals surface area contributed by atoms with E-state index in [4.69, 9.17) is 4.74 Å². The Morgan fingerprint density at radius 2 is 2.06 bits per heavy atom. The summed E-state index contributed by atoms with van der Waals surface area (Å²) >= 11 is 0. The summed E-state index contributed by atoms with van der Waals surface area (Å²) in [6.45, 7) is 6.16. The molecular formula is C15H22O3. The number of methoxy groups -OCH3 is 1. The van der Waals surface area contributed by atoms with Crippen molar-refractivity contribution in [1.82, 2.24) is 0 Å². The fraction of sp³-hybridized carbons (Fsp3) is 0.533. The average Bonchev–Trinajstić information content (AvgIpc) is 2.34. The third kappa shape index (κ3) is 3.25. The van der Waals surface area contributed by atoms with Crippen LogP contribution in [0.2, 0.25) is 0 Å². The van der Waals surface area contributed by atoms with Crippen molar-refractivity contribution in [3.8, 4) is 5.75 Å². The Morgan fingerprint density at radius 3 is 2.50 bits per heavy atom. The number of rotatable bonds is 6. The molecule has 1 unspecified atom stereocenters. The minimum Gasteiger partial charge on any atom is -0.496 e. The fourth-order valence-corrected chi connectivity index (χ4v) is 2.14. The van der Waals surface area contributed by atoms with Crippen LogP contribution in [0.15, 0.2) is 18.2 Å². The lowest BCUT2D eigenvalue weighted by Gasteiger charge is -2.17. The van der Waals surface area contributed by atoms with E-state index in [2.05, 4.69) is 13.8 Å². The van der Waals surface area contributed by atoms with Crippen LogP contribution in [-0.2, 0) is 4.79 Å². The van der Waals surface area contributed by atoms with Crippen LogP contribution in [0.25, 0.3) is 0 Å². The van der Waals surface area contributed by atoms with Gasteiger partial charge in [-0.15, -0.1) is 0 Å². The van der Waals surface area contributed by atoms with Gasteiger partial charge in [0.25, 0.3) is 0 Å². The molecule has 0 aromatic heterocycles. The lowest BCUT2D eigenvalue weighted by atomic mass is 9.90. The second-order valence-corrected chi connectivity index (χ2v) is 4.84. The molecule has 0 fully saturated rings. The molecule has 1 atom stereocenters. The van der Waals surface area contributed by atoms with Crippen LogP contribution >= 0.6 is 0 Å². The standard InChI is InChI=1S/C15H22O3/c1-5-6-12(15(16)17)11-7-8-14(18-4)13(9-11)10(2)3/h7-10,12H,5-6H2,1-4H3,(H,16,17). The van der Waals surface area contributed by atoms with E-state index >= 15 is 0 Å². The van der Waals surface area contributed by atoms with Crippen LogP contribution in [0.5, 0.6) is 5.75 Å². The molecule has 0 spiro atoms. The Bertz CT molecular complexity index is 410. The Labute approximate surface area is 109 Å². The van der Waals surface area contributed by atoms with Gasteiger partial charge in [0.15, 0.2) is 0 Å². The Hall–Kier alpha value is -1.51. The summed E-state index contributed by atoms with van der Waals surface area (Å²) in [7, 11) is 1.64. The molecule has 0 aliphatic carbocycles. The van der Waals surface area contributed by atoms with Gasteiger partial charge >= 0.3 is 5.97 Å². The van der Waals surface area contributed by atoms with Gasteiger partial charge in [0, 0.05) is 0 Å². The highest BCUT2D eigenvalue weighted by atomic mass is 16.5. The maximum atomic E-state index is 11.3. The Kier molecular flexibility index (Phi) is 5.20. The topological polar surface area (TPSA) is 46.5 Å². The van der Waals surface area contributed by atoms with Crippen molar-refractivity contribution in [2.45, 2.75) is 45.4 Å². The quantitative estimate of drug-likeness (QED) is 0.835. The SMILES string of the molecule is CCCC(C(=O)O)c1ccc(OC)c(C(C)C)c1. The summed E-state index contributed by atoms with van der Waals surface area (Å²) in [6.07, 6.45) is 1.53. The van der Waals surface area contributed by atoms with E-state index in [1.54, 1.807) is 7.11 Å². The summed E-state index contributed by atoms with van der Waals surface area (Å²) < 4.78 is 5.31. The molecule has 1 aromatic carbocycles. The van der Waals surface area contributed by atoms with Gasteiger partial charge in [0.2, 0.25) is 0 Å². The molecule has 3 heteroatoms. The molecule has 3 nitrogen and oxygen atoms in total. The number of hydrogen-bond acceptors (Lipinski definition) is 2. The predicted molar refractivity (Wildman–Crippen MR) is 72.4 cm³/mol. The first-order valence-electron chi connectivity index (χ1n) is 6.41. The molecule has 0 saturated heterocycles. The molecule has 0 amide bonds. The van der Waals surface area contributed by atoms with Gasteiger partial charge in [0.1, 0.15) is 5.75 Å². The highest BCUT2D eigenvalue weighted by Gasteiger charge is 2.20. The van der Waals surface area contributed by atoms with Crippen LogP contribution in [-0.4, -0.2) is 18.2 Å². The maximum Gasteiger partial charge on any atom is 0.310 e. The van der Waals surface area contributed by atoms with Crippen LogP contribution in [0.4, 0.5) is 0 Å². The zero-order valence-electron chi connectivity index (χ0n) is 11.6. The van der Waals surface area contributed by atoms with E-state index in [1.165, 1.54) is 0 Å². The van der Waals surface area contributed by atoms with Crippen molar-refractivity contribution in [3.05, 3.63) is 29.3 Å². The third-order valence-electron chi connectivity index (χ3n) is 3.15. The smallest absolute Gasteiger partial charge is 0.310 e. The van der Waals surface area contributed by atoms with Crippen LogP contribution < -0.4 is 4.74 Å². The van der Waals surface area contributed by atoms with E-state index in [1.807, 2.05) is 25.1 Å². The predicted octanol–water partition coefficient (Wildman–Crippen LogP) is 3.79. The van der Waals surface area contributed by atoms with Crippen LogP contribution in [0.3, 0.4) is 0 Å². The first-order valence-corrected chi connectivity index (χ1v) is 6.41. The number of hydrogen-bond donors (Lipinski definition) is 1. The highest BCUT2D eigenvalue weighted by Crippen LogP contribution is 2.31. The Morgan fingerprint density at radius 1 is 1.39 bits per heavy atom. The van der Waals surface area contributed by atoms with E-state index in [-0.39, 0.29) is 0 Å². The minimum absolute atomic E-state index is 0.316.